The Hall–Kier alpha value is -4.80. The number of sulfonamides is 1. The van der Waals surface area contributed by atoms with Gasteiger partial charge in [0.2, 0.25) is 16.1 Å². The summed E-state index contributed by atoms with van der Waals surface area (Å²) in [5.74, 6) is -0.676. The number of hydrogen-bond acceptors (Lipinski definition) is 6. The molecule has 8 nitrogen and oxygen atoms in total. The monoisotopic (exact) mass is 542 g/mol. The highest BCUT2D eigenvalue weighted by Crippen LogP contribution is 2.31. The number of primary sulfonamides is 1. The number of nitrogens with zero attached hydrogens (tertiary/aromatic N) is 1. The van der Waals surface area contributed by atoms with Gasteiger partial charge in [-0.1, -0.05) is 60.7 Å². The first-order chi connectivity index (χ1) is 18.7. The number of amides is 1. The van der Waals surface area contributed by atoms with Gasteiger partial charge in [-0.25, -0.2) is 22.9 Å². The van der Waals surface area contributed by atoms with Crippen LogP contribution in [0.2, 0.25) is 0 Å². The number of nitrogens with two attached hydrogens (primary N) is 2. The zero-order chi connectivity index (χ0) is 27.6. The normalized spacial score (nSPS) is 12.2. The van der Waals surface area contributed by atoms with Gasteiger partial charge < -0.3 is 15.8 Å². The van der Waals surface area contributed by atoms with Crippen molar-refractivity contribution in [1.29, 1.82) is 0 Å². The Labute approximate surface area is 224 Å². The van der Waals surface area contributed by atoms with Crippen molar-refractivity contribution in [3.8, 4) is 16.9 Å². The highest BCUT2D eigenvalue weighted by atomic mass is 32.2. The SMILES string of the molecule is Nc1nccc2ccc(OC(C(=O)Nc3ccc(-c4ccccc4S(N)(=O)=O)cc3F)c3ccccc3)cc12. The molecule has 1 heterocycles. The van der Waals surface area contributed by atoms with Crippen LogP contribution in [0.25, 0.3) is 21.9 Å². The molecular formula is C29H23FN4O4S. The van der Waals surface area contributed by atoms with E-state index >= 15 is 4.39 Å². The number of fused-ring (bicyclic) bond motifs is 1. The average molecular weight is 543 g/mol. The molecule has 1 atom stereocenters. The molecule has 0 saturated heterocycles. The summed E-state index contributed by atoms with van der Waals surface area (Å²) in [5.41, 5.74) is 6.98. The number of carbonyl (C=O) groups excluding carboxylic acids is 1. The molecule has 1 amide bonds. The molecule has 1 aromatic heterocycles. The van der Waals surface area contributed by atoms with Crippen molar-refractivity contribution >= 4 is 38.2 Å². The Bertz CT molecular complexity index is 1800. The molecule has 4 aromatic carbocycles. The Kier molecular flexibility index (Phi) is 6.97. The number of anilines is 2. The summed E-state index contributed by atoms with van der Waals surface area (Å²) in [7, 11) is -4.03. The van der Waals surface area contributed by atoms with E-state index in [4.69, 9.17) is 15.6 Å². The molecular weight excluding hydrogens is 519 g/mol. The van der Waals surface area contributed by atoms with Crippen molar-refractivity contribution in [2.24, 2.45) is 5.14 Å². The van der Waals surface area contributed by atoms with Crippen LogP contribution in [0.15, 0.2) is 108 Å². The molecule has 1 unspecified atom stereocenters. The van der Waals surface area contributed by atoms with E-state index in [1.807, 2.05) is 6.07 Å². The van der Waals surface area contributed by atoms with E-state index in [2.05, 4.69) is 10.3 Å². The zero-order valence-electron chi connectivity index (χ0n) is 20.4. The van der Waals surface area contributed by atoms with Crippen LogP contribution in [-0.4, -0.2) is 19.3 Å². The number of carbonyl (C=O) groups is 1. The van der Waals surface area contributed by atoms with Gasteiger partial charge in [-0.05, 0) is 47.3 Å². The van der Waals surface area contributed by atoms with Crippen LogP contribution in [0.4, 0.5) is 15.9 Å². The summed E-state index contributed by atoms with van der Waals surface area (Å²) in [6.07, 6.45) is 0.481. The summed E-state index contributed by atoms with van der Waals surface area (Å²) in [5, 5.41) is 9.43. The minimum atomic E-state index is -4.03. The highest BCUT2D eigenvalue weighted by Gasteiger charge is 2.24. The molecule has 196 valence electrons. The van der Waals surface area contributed by atoms with E-state index < -0.39 is 27.9 Å². The summed E-state index contributed by atoms with van der Waals surface area (Å²) >= 11 is 0. The summed E-state index contributed by atoms with van der Waals surface area (Å²) in [4.78, 5) is 17.4. The van der Waals surface area contributed by atoms with Gasteiger partial charge in [0.25, 0.3) is 5.91 Å². The van der Waals surface area contributed by atoms with E-state index in [-0.39, 0.29) is 21.7 Å². The Morgan fingerprint density at radius 3 is 2.41 bits per heavy atom. The van der Waals surface area contributed by atoms with Gasteiger partial charge in [0.15, 0.2) is 0 Å². The fourth-order valence-electron chi connectivity index (χ4n) is 4.22. The lowest BCUT2D eigenvalue weighted by Gasteiger charge is -2.20. The van der Waals surface area contributed by atoms with E-state index in [1.165, 1.54) is 30.3 Å². The predicted molar refractivity (Wildman–Crippen MR) is 148 cm³/mol. The first-order valence-electron chi connectivity index (χ1n) is 11.8. The third-order valence-corrected chi connectivity index (χ3v) is 7.06. The molecule has 39 heavy (non-hydrogen) atoms. The van der Waals surface area contributed by atoms with Crippen LogP contribution in [0.3, 0.4) is 0 Å². The van der Waals surface area contributed by atoms with Crippen molar-refractivity contribution < 1.29 is 22.3 Å². The minimum absolute atomic E-state index is 0.103. The van der Waals surface area contributed by atoms with E-state index in [0.29, 0.717) is 22.5 Å². The first kappa shape index (κ1) is 25.8. The fraction of sp³-hybridized carbons (Fsp3) is 0.0345. The van der Waals surface area contributed by atoms with Crippen LogP contribution >= 0.6 is 0 Å². The van der Waals surface area contributed by atoms with Gasteiger partial charge in [0.1, 0.15) is 17.4 Å². The summed E-state index contributed by atoms with van der Waals surface area (Å²) in [6.45, 7) is 0. The summed E-state index contributed by atoms with van der Waals surface area (Å²) < 4.78 is 45.2. The molecule has 0 spiro atoms. The number of halogens is 1. The number of ether oxygens (including phenoxy) is 1. The lowest BCUT2D eigenvalue weighted by Crippen LogP contribution is -2.26. The average Bonchev–Trinajstić information content (AvgIpc) is 2.93. The van der Waals surface area contributed by atoms with Gasteiger partial charge in [-0.2, -0.15) is 0 Å². The molecule has 0 saturated carbocycles. The molecule has 0 radical (unpaired) electrons. The maximum absolute atomic E-state index is 15.2. The maximum Gasteiger partial charge on any atom is 0.270 e. The number of aromatic nitrogens is 1. The Morgan fingerprint density at radius 1 is 0.923 bits per heavy atom. The number of hydrogen-bond donors (Lipinski definition) is 3. The second-order valence-electron chi connectivity index (χ2n) is 8.71. The van der Waals surface area contributed by atoms with Gasteiger partial charge in [-0.15, -0.1) is 0 Å². The van der Waals surface area contributed by atoms with E-state index in [0.717, 1.165) is 11.5 Å². The van der Waals surface area contributed by atoms with Crippen LogP contribution in [-0.2, 0) is 14.8 Å². The van der Waals surface area contributed by atoms with Gasteiger partial charge in [0, 0.05) is 22.7 Å². The van der Waals surface area contributed by atoms with Crippen LogP contribution < -0.4 is 20.9 Å². The quantitative estimate of drug-likeness (QED) is 0.264. The lowest BCUT2D eigenvalue weighted by atomic mass is 10.0. The van der Waals surface area contributed by atoms with E-state index in [1.54, 1.807) is 60.8 Å². The molecule has 0 aliphatic rings. The molecule has 0 aliphatic carbocycles. The standard InChI is InChI=1S/C29H23FN4O4S/c30-24-16-20(22-8-4-5-9-26(22)39(32,36)37)11-13-25(24)34-29(35)27(19-6-2-1-3-7-19)38-21-12-10-18-14-15-33-28(31)23(18)17-21/h1-17,27H,(H2,31,33)(H,34,35)(H2,32,36,37). The number of pyridine rings is 1. The van der Waals surface area contributed by atoms with Crippen LogP contribution in [0, 0.1) is 5.82 Å². The van der Waals surface area contributed by atoms with Crippen LogP contribution in [0.5, 0.6) is 5.75 Å². The maximum atomic E-state index is 15.2. The molecule has 10 heteroatoms. The van der Waals surface area contributed by atoms with E-state index in [9.17, 15) is 13.2 Å². The molecule has 5 N–H and O–H groups in total. The van der Waals surface area contributed by atoms with Crippen molar-refractivity contribution in [3.63, 3.8) is 0 Å². The van der Waals surface area contributed by atoms with Crippen molar-refractivity contribution in [3.05, 3.63) is 115 Å². The number of benzene rings is 4. The second kappa shape index (κ2) is 10.5. The van der Waals surface area contributed by atoms with Crippen LogP contribution in [0.1, 0.15) is 11.7 Å². The van der Waals surface area contributed by atoms with Gasteiger partial charge >= 0.3 is 0 Å². The number of rotatable bonds is 7. The van der Waals surface area contributed by atoms with Crippen molar-refractivity contribution in [1.82, 2.24) is 4.98 Å². The smallest absolute Gasteiger partial charge is 0.270 e. The van der Waals surface area contributed by atoms with Crippen molar-refractivity contribution in [2.45, 2.75) is 11.0 Å². The molecule has 0 aliphatic heterocycles. The predicted octanol–water partition coefficient (Wildman–Crippen LogP) is 5.03. The van der Waals surface area contributed by atoms with Gasteiger partial charge in [-0.3, -0.25) is 4.79 Å². The third kappa shape index (κ3) is 5.57. The fourth-order valence-corrected chi connectivity index (χ4v) is 4.98. The zero-order valence-corrected chi connectivity index (χ0v) is 21.2. The lowest BCUT2D eigenvalue weighted by molar-refractivity contribution is -0.123. The molecule has 0 bridgehead atoms. The minimum Gasteiger partial charge on any atom is -0.476 e. The highest BCUT2D eigenvalue weighted by molar-refractivity contribution is 7.89. The molecule has 5 aromatic rings. The molecule has 0 fully saturated rings. The summed E-state index contributed by atoms with van der Waals surface area (Å²) in [6, 6.07) is 25.8. The molecule has 5 rings (SSSR count). The third-order valence-electron chi connectivity index (χ3n) is 6.09. The number of nitrogen functional groups attached to an aromatic ring is 1. The topological polar surface area (TPSA) is 137 Å². The Morgan fingerprint density at radius 2 is 1.67 bits per heavy atom. The van der Waals surface area contributed by atoms with Crippen molar-refractivity contribution in [2.75, 3.05) is 11.1 Å². The largest absolute Gasteiger partial charge is 0.476 e. The number of nitrogens with one attached hydrogen (secondary N) is 1. The van der Waals surface area contributed by atoms with Gasteiger partial charge in [0.05, 0.1) is 10.6 Å². The Balaban J connectivity index is 1.45. The first-order valence-corrected chi connectivity index (χ1v) is 13.3. The second-order valence-corrected chi connectivity index (χ2v) is 10.2.